The van der Waals surface area contributed by atoms with E-state index in [1.165, 1.54) is 35.2 Å². The fourth-order valence-corrected chi connectivity index (χ4v) is 6.57. The number of carbonyl (C=O) groups excluding carboxylic acids is 3. The topological polar surface area (TPSA) is 95.7 Å². The highest BCUT2D eigenvalue weighted by Gasteiger charge is 2.36. The standard InChI is InChI=1S/C17H29NO.C12H20N2O2.C11H17N.C2H2/c1-5-15(11-13(3)14(4)19)10-12(2)6-9-17(18)16-7-8-16;1-9(15)11-10(5-4-6-13-11)12(16)14-7-2-3-8-14;1-5-10-6-7-11(12(3)4)9(2)8-10;1-2/h6,9,13,15-16H,5,7-8,10-11,18H2,1-4H3;10-11,13H,2-8H2,1H3;6-8H,5H2,1-4H3;1-2H/b12-6+,17-9-;;;/t13?,15-;10-,11-;;/m10../s1. The minimum Gasteiger partial charge on any atom is -0.402 e. The summed E-state index contributed by atoms with van der Waals surface area (Å²) < 4.78 is 0. The predicted octanol–water partition coefficient (Wildman–Crippen LogP) is 7.66. The summed E-state index contributed by atoms with van der Waals surface area (Å²) in [6.45, 7) is 16.6. The third-order valence-corrected chi connectivity index (χ3v) is 9.96. The summed E-state index contributed by atoms with van der Waals surface area (Å²) in [6, 6.07) is 6.40. The molecular formula is C42H68N4O3. The number of likely N-dealkylation sites (tertiary alicyclic amines) is 1. The number of carbonyl (C=O) groups is 3. The summed E-state index contributed by atoms with van der Waals surface area (Å²) >= 11 is 0. The molecule has 0 bridgehead atoms. The molecule has 2 heterocycles. The minimum absolute atomic E-state index is 0.0947. The van der Waals surface area contributed by atoms with Gasteiger partial charge in [0.05, 0.1) is 12.0 Å². The first-order valence-corrected chi connectivity index (χ1v) is 18.5. The summed E-state index contributed by atoms with van der Waals surface area (Å²) in [5.41, 5.74) is 12.5. The van der Waals surface area contributed by atoms with Gasteiger partial charge in [0.2, 0.25) is 5.91 Å². The van der Waals surface area contributed by atoms with Crippen LogP contribution in [0.1, 0.15) is 110 Å². The van der Waals surface area contributed by atoms with Crippen molar-refractivity contribution in [3.8, 4) is 12.8 Å². The van der Waals surface area contributed by atoms with E-state index in [4.69, 9.17) is 5.73 Å². The van der Waals surface area contributed by atoms with Gasteiger partial charge in [0.1, 0.15) is 11.6 Å². The molecule has 1 amide bonds. The zero-order chi connectivity index (χ0) is 37.1. The molecule has 1 aromatic rings. The number of aryl methyl sites for hydroxylation is 2. The molecule has 1 aromatic carbocycles. The van der Waals surface area contributed by atoms with Crippen LogP contribution >= 0.6 is 0 Å². The molecule has 1 aliphatic carbocycles. The first kappa shape index (κ1) is 43.7. The van der Waals surface area contributed by atoms with Crippen LogP contribution in [0.5, 0.6) is 0 Å². The second-order valence-electron chi connectivity index (χ2n) is 14.4. The van der Waals surface area contributed by atoms with E-state index in [9.17, 15) is 14.4 Å². The van der Waals surface area contributed by atoms with Crippen molar-refractivity contribution in [2.45, 2.75) is 119 Å². The van der Waals surface area contributed by atoms with Crippen LogP contribution in [-0.2, 0) is 20.8 Å². The van der Waals surface area contributed by atoms with Gasteiger partial charge in [-0.1, -0.05) is 51.0 Å². The van der Waals surface area contributed by atoms with Crippen LogP contribution in [0, 0.1) is 43.4 Å². The fourth-order valence-electron chi connectivity index (χ4n) is 6.57. The molecule has 2 saturated heterocycles. The predicted molar refractivity (Wildman–Crippen MR) is 207 cm³/mol. The number of ketones is 2. The molecule has 49 heavy (non-hydrogen) atoms. The first-order valence-electron chi connectivity index (χ1n) is 18.5. The summed E-state index contributed by atoms with van der Waals surface area (Å²) in [5.74, 6) is 1.89. The third kappa shape index (κ3) is 15.8. The Morgan fingerprint density at radius 3 is 2.14 bits per heavy atom. The van der Waals surface area contributed by atoms with Crippen molar-refractivity contribution in [2.24, 2.45) is 29.4 Å². The minimum atomic E-state index is -0.248. The molecule has 7 heteroatoms. The molecule has 0 radical (unpaired) electrons. The van der Waals surface area contributed by atoms with Gasteiger partial charge in [-0.05, 0) is 127 Å². The summed E-state index contributed by atoms with van der Waals surface area (Å²) in [5, 5.41) is 3.18. The molecule has 274 valence electrons. The van der Waals surface area contributed by atoms with Gasteiger partial charge in [-0.25, -0.2) is 0 Å². The number of rotatable bonds is 12. The Kier molecular flexibility index (Phi) is 20.6. The van der Waals surface area contributed by atoms with Gasteiger partial charge in [-0.3, -0.25) is 14.4 Å². The van der Waals surface area contributed by atoms with Crippen LogP contribution in [0.4, 0.5) is 5.69 Å². The number of nitrogens with two attached hydrogens (primary N) is 1. The zero-order valence-corrected chi connectivity index (χ0v) is 32.3. The highest BCUT2D eigenvalue weighted by atomic mass is 16.2. The molecule has 4 atom stereocenters. The van der Waals surface area contributed by atoms with Crippen LogP contribution in [-0.4, -0.2) is 62.1 Å². The van der Waals surface area contributed by atoms with Crippen molar-refractivity contribution in [3.05, 3.63) is 52.7 Å². The van der Waals surface area contributed by atoms with Gasteiger partial charge in [0.15, 0.2) is 0 Å². The number of hydrogen-bond acceptors (Lipinski definition) is 6. The van der Waals surface area contributed by atoms with E-state index >= 15 is 0 Å². The van der Waals surface area contributed by atoms with Crippen LogP contribution < -0.4 is 16.0 Å². The summed E-state index contributed by atoms with van der Waals surface area (Å²) in [7, 11) is 4.15. The lowest BCUT2D eigenvalue weighted by molar-refractivity contribution is -0.139. The maximum absolute atomic E-state index is 12.2. The number of nitrogens with zero attached hydrogens (tertiary/aromatic N) is 2. The second-order valence-corrected chi connectivity index (χ2v) is 14.4. The number of amides is 1. The molecule has 0 aromatic heterocycles. The fraction of sp³-hybridized carbons (Fsp3) is 0.643. The van der Waals surface area contributed by atoms with Crippen LogP contribution in [0.15, 0.2) is 41.6 Å². The molecule has 1 saturated carbocycles. The molecule has 2 aliphatic heterocycles. The molecule has 4 rings (SSSR count). The Morgan fingerprint density at radius 1 is 1.02 bits per heavy atom. The number of hydrogen-bond donors (Lipinski definition) is 2. The molecular weight excluding hydrogens is 608 g/mol. The molecule has 3 fully saturated rings. The van der Waals surface area contributed by atoms with Crippen LogP contribution in [0.2, 0.25) is 0 Å². The van der Waals surface area contributed by atoms with Gasteiger partial charge >= 0.3 is 0 Å². The molecule has 0 spiro atoms. The summed E-state index contributed by atoms with van der Waals surface area (Å²) in [6.07, 6.45) is 23.1. The highest BCUT2D eigenvalue weighted by molar-refractivity contribution is 5.90. The zero-order valence-electron chi connectivity index (χ0n) is 32.3. The average molecular weight is 677 g/mol. The van der Waals surface area contributed by atoms with Crippen molar-refractivity contribution in [3.63, 3.8) is 0 Å². The smallest absolute Gasteiger partial charge is 0.227 e. The first-order chi connectivity index (χ1) is 23.3. The Morgan fingerprint density at radius 2 is 1.65 bits per heavy atom. The Hall–Kier alpha value is -3.37. The molecule has 7 nitrogen and oxygen atoms in total. The number of allylic oxidation sites excluding steroid dienone is 4. The monoisotopic (exact) mass is 677 g/mol. The Labute approximate surface area is 299 Å². The van der Waals surface area contributed by atoms with Crippen molar-refractivity contribution < 1.29 is 14.4 Å². The van der Waals surface area contributed by atoms with E-state index in [1.54, 1.807) is 13.8 Å². The van der Waals surface area contributed by atoms with Crippen LogP contribution in [0.3, 0.4) is 0 Å². The number of piperidine rings is 1. The van der Waals surface area contributed by atoms with E-state index in [2.05, 4.69) is 95.2 Å². The van der Waals surface area contributed by atoms with Crippen LogP contribution in [0.25, 0.3) is 0 Å². The van der Waals surface area contributed by atoms with Gasteiger partial charge in [0.25, 0.3) is 0 Å². The van der Waals surface area contributed by atoms with Gasteiger partial charge in [0, 0.05) is 44.5 Å². The largest absolute Gasteiger partial charge is 0.402 e. The van der Waals surface area contributed by atoms with Gasteiger partial charge in [-0.15, -0.1) is 12.8 Å². The lowest BCUT2D eigenvalue weighted by atomic mass is 9.87. The van der Waals surface area contributed by atoms with Crippen molar-refractivity contribution in [2.75, 3.05) is 38.6 Å². The van der Waals surface area contributed by atoms with Crippen molar-refractivity contribution >= 4 is 23.2 Å². The number of Topliss-reactive ketones (excluding diaryl/α,β-unsaturated/α-hetero) is 2. The van der Waals surface area contributed by atoms with Crippen molar-refractivity contribution in [1.82, 2.24) is 10.2 Å². The lowest BCUT2D eigenvalue weighted by Gasteiger charge is -2.32. The average Bonchev–Trinajstić information content (AvgIpc) is 3.81. The van der Waals surface area contributed by atoms with Crippen molar-refractivity contribution in [1.29, 1.82) is 0 Å². The third-order valence-electron chi connectivity index (χ3n) is 9.96. The second kappa shape index (κ2) is 23.1. The molecule has 3 aliphatic rings. The molecule has 3 N–H and O–H groups in total. The Bertz CT molecular complexity index is 1250. The van der Waals surface area contributed by atoms with Gasteiger partial charge < -0.3 is 20.9 Å². The van der Waals surface area contributed by atoms with E-state index in [-0.39, 0.29) is 29.6 Å². The SMILES string of the molecule is C#C.CC(=O)[C@@H]1NCCC[C@@H]1C(=O)N1CCCC1.CC[C@H](C/C(C)=C/C=C(\N)C1CC1)CC(C)C(C)=O.CCc1ccc(N(C)C)c(C)c1. The quantitative estimate of drug-likeness (QED) is 0.174. The van der Waals surface area contributed by atoms with Gasteiger partial charge in [-0.2, -0.15) is 0 Å². The number of terminal acetylenes is 1. The maximum atomic E-state index is 12.2. The number of anilines is 1. The molecule has 1 unspecified atom stereocenters. The van der Waals surface area contributed by atoms with E-state index in [0.29, 0.717) is 17.6 Å². The van der Waals surface area contributed by atoms with E-state index in [0.717, 1.165) is 76.7 Å². The number of nitrogens with one attached hydrogen (secondary N) is 1. The normalized spacial score (nSPS) is 20.3. The Balaban J connectivity index is 0.000000366. The highest BCUT2D eigenvalue weighted by Crippen LogP contribution is 2.34. The summed E-state index contributed by atoms with van der Waals surface area (Å²) in [4.78, 5) is 39.2. The maximum Gasteiger partial charge on any atom is 0.227 e. The number of benzene rings is 1. The lowest BCUT2D eigenvalue weighted by Crippen LogP contribution is -2.52. The van der Waals surface area contributed by atoms with E-state index < -0.39 is 0 Å². The van der Waals surface area contributed by atoms with E-state index in [1.807, 2.05) is 11.8 Å².